The van der Waals surface area contributed by atoms with E-state index in [4.69, 9.17) is 0 Å². The Bertz CT molecular complexity index is 391. The molecule has 1 aliphatic rings. The number of benzene rings is 1. The van der Waals surface area contributed by atoms with Crippen LogP contribution in [-0.2, 0) is 11.3 Å². The van der Waals surface area contributed by atoms with Crippen LogP contribution in [0.5, 0.6) is 0 Å². The Hall–Kier alpha value is -1.35. The number of hydrogen-bond acceptors (Lipinski definition) is 2. The summed E-state index contributed by atoms with van der Waals surface area (Å²) in [6, 6.07) is 10.3. The van der Waals surface area contributed by atoms with Crippen molar-refractivity contribution in [2.45, 2.75) is 26.3 Å². The molecule has 0 amide bonds. The topological polar surface area (TPSA) is 40.5 Å². The summed E-state index contributed by atoms with van der Waals surface area (Å²) in [5.74, 6) is -0.361. The normalized spacial score (nSPS) is 25.6. The Morgan fingerprint density at radius 1 is 1.39 bits per heavy atom. The molecule has 1 aromatic carbocycles. The number of aliphatic carboxylic acids is 1. The zero-order valence-corrected chi connectivity index (χ0v) is 10.9. The third kappa shape index (κ3) is 3.57. The molecule has 1 fully saturated rings. The van der Waals surface area contributed by atoms with Crippen molar-refractivity contribution in [1.82, 2.24) is 4.90 Å². The van der Waals surface area contributed by atoms with Gasteiger partial charge in [-0.3, -0.25) is 9.69 Å². The first-order valence-electron chi connectivity index (χ1n) is 6.64. The molecule has 18 heavy (non-hydrogen) atoms. The van der Waals surface area contributed by atoms with Gasteiger partial charge in [-0.05, 0) is 30.9 Å². The number of carboxylic acid groups (broad SMARTS) is 1. The maximum absolute atomic E-state index is 11.2. The summed E-state index contributed by atoms with van der Waals surface area (Å²) in [6.45, 7) is 4.69. The van der Waals surface area contributed by atoms with Crippen LogP contribution in [0.25, 0.3) is 0 Å². The number of nitrogens with zero attached hydrogens (tertiary/aromatic N) is 1. The molecule has 0 spiro atoms. The molecule has 0 radical (unpaired) electrons. The fourth-order valence-corrected chi connectivity index (χ4v) is 2.65. The van der Waals surface area contributed by atoms with Crippen LogP contribution in [-0.4, -0.2) is 29.1 Å². The molecule has 1 aromatic rings. The van der Waals surface area contributed by atoms with Gasteiger partial charge in [-0.2, -0.15) is 0 Å². The maximum Gasteiger partial charge on any atom is 0.307 e. The zero-order valence-electron chi connectivity index (χ0n) is 10.9. The second-order valence-corrected chi connectivity index (χ2v) is 5.39. The minimum absolute atomic E-state index is 0.216. The molecule has 0 aromatic heterocycles. The molecule has 2 rings (SSSR count). The van der Waals surface area contributed by atoms with E-state index in [1.807, 2.05) is 18.2 Å². The molecule has 1 aliphatic heterocycles. The number of hydrogen-bond donors (Lipinski definition) is 1. The molecule has 1 saturated heterocycles. The Labute approximate surface area is 108 Å². The minimum atomic E-state index is -0.651. The minimum Gasteiger partial charge on any atom is -0.481 e. The van der Waals surface area contributed by atoms with Crippen LogP contribution in [0, 0.1) is 11.8 Å². The summed E-state index contributed by atoms with van der Waals surface area (Å²) in [7, 11) is 0. The lowest BCUT2D eigenvalue weighted by atomic mass is 9.95. The molecule has 98 valence electrons. The Morgan fingerprint density at radius 3 is 2.78 bits per heavy atom. The average molecular weight is 247 g/mol. The SMILES string of the molecule is CC1CCN(Cc2ccccc2)CC(C(=O)O)C1. The Kier molecular flexibility index (Phi) is 4.37. The lowest BCUT2D eigenvalue weighted by molar-refractivity contribution is -0.142. The van der Waals surface area contributed by atoms with Crippen LogP contribution in [0.15, 0.2) is 30.3 Å². The van der Waals surface area contributed by atoms with Crippen LogP contribution in [0.3, 0.4) is 0 Å². The standard InChI is InChI=1S/C15H21NO2/c1-12-7-8-16(11-14(9-12)15(17)18)10-13-5-3-2-4-6-13/h2-6,12,14H,7-11H2,1H3,(H,17,18). The van der Waals surface area contributed by atoms with Crippen molar-refractivity contribution in [1.29, 1.82) is 0 Å². The Balaban J connectivity index is 2.01. The van der Waals surface area contributed by atoms with E-state index >= 15 is 0 Å². The van der Waals surface area contributed by atoms with E-state index in [1.165, 1.54) is 5.56 Å². The van der Waals surface area contributed by atoms with Gasteiger partial charge in [0.05, 0.1) is 5.92 Å². The Morgan fingerprint density at radius 2 is 2.11 bits per heavy atom. The van der Waals surface area contributed by atoms with Crippen LogP contribution in [0.1, 0.15) is 25.3 Å². The predicted octanol–water partition coefficient (Wildman–Crippen LogP) is 2.62. The van der Waals surface area contributed by atoms with Crippen LogP contribution in [0.2, 0.25) is 0 Å². The fourth-order valence-electron chi connectivity index (χ4n) is 2.65. The highest BCUT2D eigenvalue weighted by Crippen LogP contribution is 2.23. The molecule has 0 aliphatic carbocycles. The number of carboxylic acids is 1. The van der Waals surface area contributed by atoms with E-state index in [2.05, 4.69) is 24.0 Å². The molecular formula is C15H21NO2. The van der Waals surface area contributed by atoms with Gasteiger partial charge in [-0.15, -0.1) is 0 Å². The highest BCUT2D eigenvalue weighted by molar-refractivity contribution is 5.70. The van der Waals surface area contributed by atoms with Crippen LogP contribution >= 0.6 is 0 Å². The lowest BCUT2D eigenvalue weighted by Gasteiger charge is -2.22. The second-order valence-electron chi connectivity index (χ2n) is 5.39. The van der Waals surface area contributed by atoms with Gasteiger partial charge in [0, 0.05) is 13.1 Å². The quantitative estimate of drug-likeness (QED) is 0.892. The first kappa shape index (κ1) is 13.1. The van der Waals surface area contributed by atoms with E-state index in [-0.39, 0.29) is 5.92 Å². The molecular weight excluding hydrogens is 226 g/mol. The van der Waals surface area contributed by atoms with Gasteiger partial charge in [0.2, 0.25) is 0 Å². The van der Waals surface area contributed by atoms with Gasteiger partial charge in [-0.1, -0.05) is 37.3 Å². The molecule has 1 N–H and O–H groups in total. The maximum atomic E-state index is 11.2. The summed E-state index contributed by atoms with van der Waals surface area (Å²) < 4.78 is 0. The summed E-state index contributed by atoms with van der Waals surface area (Å²) in [5, 5.41) is 9.24. The van der Waals surface area contributed by atoms with Crippen molar-refractivity contribution >= 4 is 5.97 Å². The van der Waals surface area contributed by atoms with Gasteiger partial charge in [-0.25, -0.2) is 0 Å². The molecule has 3 nitrogen and oxygen atoms in total. The van der Waals surface area contributed by atoms with Crippen LogP contribution < -0.4 is 0 Å². The molecule has 2 atom stereocenters. The van der Waals surface area contributed by atoms with Gasteiger partial charge < -0.3 is 5.11 Å². The predicted molar refractivity (Wildman–Crippen MR) is 71.2 cm³/mol. The summed E-state index contributed by atoms with van der Waals surface area (Å²) in [5.41, 5.74) is 1.26. The molecule has 2 unspecified atom stereocenters. The van der Waals surface area contributed by atoms with E-state index < -0.39 is 5.97 Å². The first-order chi connectivity index (χ1) is 8.65. The zero-order chi connectivity index (χ0) is 13.0. The summed E-state index contributed by atoms with van der Waals surface area (Å²) in [6.07, 6.45) is 1.90. The van der Waals surface area contributed by atoms with Crippen molar-refractivity contribution in [2.24, 2.45) is 11.8 Å². The van der Waals surface area contributed by atoms with Crippen LogP contribution in [0.4, 0.5) is 0 Å². The van der Waals surface area contributed by atoms with E-state index in [1.54, 1.807) is 0 Å². The van der Waals surface area contributed by atoms with Gasteiger partial charge in [0.15, 0.2) is 0 Å². The van der Waals surface area contributed by atoms with Gasteiger partial charge in [0.1, 0.15) is 0 Å². The van der Waals surface area contributed by atoms with Gasteiger partial charge >= 0.3 is 5.97 Å². The van der Waals surface area contributed by atoms with E-state index in [0.717, 1.165) is 25.9 Å². The van der Waals surface area contributed by atoms with Crippen molar-refractivity contribution in [3.63, 3.8) is 0 Å². The second kappa shape index (κ2) is 6.01. The third-order valence-electron chi connectivity index (χ3n) is 3.70. The van der Waals surface area contributed by atoms with Crippen molar-refractivity contribution in [3.05, 3.63) is 35.9 Å². The third-order valence-corrected chi connectivity index (χ3v) is 3.70. The summed E-state index contributed by atoms with van der Waals surface area (Å²) in [4.78, 5) is 13.5. The highest BCUT2D eigenvalue weighted by atomic mass is 16.4. The number of rotatable bonds is 3. The number of likely N-dealkylation sites (tertiary alicyclic amines) is 1. The van der Waals surface area contributed by atoms with Crippen molar-refractivity contribution in [2.75, 3.05) is 13.1 Å². The summed E-state index contributed by atoms with van der Waals surface area (Å²) >= 11 is 0. The van der Waals surface area contributed by atoms with E-state index in [9.17, 15) is 9.90 Å². The molecule has 0 bridgehead atoms. The largest absolute Gasteiger partial charge is 0.481 e. The molecule has 0 saturated carbocycles. The average Bonchev–Trinajstić information content (AvgIpc) is 2.53. The van der Waals surface area contributed by atoms with E-state index in [0.29, 0.717) is 12.5 Å². The first-order valence-corrected chi connectivity index (χ1v) is 6.64. The number of carbonyl (C=O) groups is 1. The van der Waals surface area contributed by atoms with Crippen molar-refractivity contribution < 1.29 is 9.90 Å². The smallest absolute Gasteiger partial charge is 0.307 e. The van der Waals surface area contributed by atoms with Gasteiger partial charge in [0.25, 0.3) is 0 Å². The monoisotopic (exact) mass is 247 g/mol. The molecule has 1 heterocycles. The highest BCUT2D eigenvalue weighted by Gasteiger charge is 2.26. The molecule has 3 heteroatoms. The van der Waals surface area contributed by atoms with Crippen molar-refractivity contribution in [3.8, 4) is 0 Å². The fraction of sp³-hybridized carbons (Fsp3) is 0.533. The lowest BCUT2D eigenvalue weighted by Crippen LogP contribution is -2.31.